The Kier molecular flexibility index (Phi) is 5.96. The van der Waals surface area contributed by atoms with E-state index >= 15 is 0 Å². The van der Waals surface area contributed by atoms with Crippen LogP contribution in [0.15, 0.2) is 103 Å². The van der Waals surface area contributed by atoms with Gasteiger partial charge in [-0.25, -0.2) is 15.0 Å². The molecule has 4 nitrogen and oxygen atoms in total. The number of rotatable bonds is 4. The molecule has 4 fully saturated rings. The summed E-state index contributed by atoms with van der Waals surface area (Å²) in [5.74, 6) is 4.77. The largest absolute Gasteiger partial charge is 0.208 e. The summed E-state index contributed by atoms with van der Waals surface area (Å²) >= 11 is 1.74. The second kappa shape index (κ2) is 10.3. The third-order valence-corrected chi connectivity index (χ3v) is 12.4. The van der Waals surface area contributed by atoms with Crippen LogP contribution in [-0.2, 0) is 5.41 Å². The summed E-state index contributed by atoms with van der Waals surface area (Å²) < 4.78 is 2.35. The van der Waals surface area contributed by atoms with Crippen LogP contribution in [0.2, 0.25) is 0 Å². The summed E-state index contributed by atoms with van der Waals surface area (Å²) in [4.78, 5) is 15.3. The Bertz CT molecular complexity index is 2380. The minimum Gasteiger partial charge on any atom is -0.208 e. The van der Waals surface area contributed by atoms with Crippen LogP contribution in [-0.4, -0.2) is 15.0 Å². The van der Waals surface area contributed by atoms with Crippen molar-refractivity contribution in [2.75, 3.05) is 0 Å². The van der Waals surface area contributed by atoms with Crippen LogP contribution in [0, 0.1) is 29.1 Å². The number of fused-ring (bicyclic) bond motifs is 4. The molecule has 0 radical (unpaired) electrons. The zero-order valence-corrected chi connectivity index (χ0v) is 26.8. The van der Waals surface area contributed by atoms with Crippen molar-refractivity contribution < 1.29 is 0 Å². The zero-order chi connectivity index (χ0) is 31.1. The van der Waals surface area contributed by atoms with E-state index in [-0.39, 0.29) is 0 Å². The average molecular weight is 625 g/mol. The fourth-order valence-electron chi connectivity index (χ4n) is 9.51. The van der Waals surface area contributed by atoms with Gasteiger partial charge in [0.15, 0.2) is 17.5 Å². The molecule has 4 saturated carbocycles. The van der Waals surface area contributed by atoms with Crippen LogP contribution in [0.1, 0.15) is 49.7 Å². The number of nitriles is 1. The van der Waals surface area contributed by atoms with Crippen LogP contribution in [0.3, 0.4) is 0 Å². The van der Waals surface area contributed by atoms with Gasteiger partial charge in [0.25, 0.3) is 0 Å². The molecule has 0 amide bonds. The van der Waals surface area contributed by atoms with Gasteiger partial charge in [-0.3, -0.25) is 0 Å². The quantitative estimate of drug-likeness (QED) is 0.195. The Labute approximate surface area is 277 Å². The molecule has 5 heteroatoms. The van der Waals surface area contributed by atoms with Gasteiger partial charge in [0.2, 0.25) is 0 Å². The lowest BCUT2D eigenvalue weighted by Crippen LogP contribution is -2.48. The van der Waals surface area contributed by atoms with Crippen molar-refractivity contribution in [2.24, 2.45) is 17.8 Å². The van der Waals surface area contributed by atoms with E-state index in [4.69, 9.17) is 15.0 Å². The number of nitrogens with zero attached hydrogens (tertiary/aromatic N) is 4. The predicted octanol–water partition coefficient (Wildman–Crippen LogP) is 10.7. The van der Waals surface area contributed by atoms with Gasteiger partial charge in [0.05, 0.1) is 11.6 Å². The highest BCUT2D eigenvalue weighted by Crippen LogP contribution is 2.60. The first kappa shape index (κ1) is 27.2. The Hall–Kier alpha value is -4.92. The SMILES string of the molecule is N#Cc1ccc2sc3ccc(-c4nc(-c5ccc(C67C[C@H]8C[C@H](C6)C[C@@H](C7)C8)cc5)nc(-c5ccc6ccccc6c5)n4)cc3c2c1. The van der Waals surface area contributed by atoms with E-state index < -0.39 is 0 Å². The van der Waals surface area contributed by atoms with Crippen molar-refractivity contribution in [3.05, 3.63) is 114 Å². The Morgan fingerprint density at radius 2 is 1.13 bits per heavy atom. The van der Waals surface area contributed by atoms with Crippen molar-refractivity contribution in [1.82, 2.24) is 15.0 Å². The van der Waals surface area contributed by atoms with Crippen LogP contribution >= 0.6 is 11.3 Å². The number of hydrogen-bond acceptors (Lipinski definition) is 5. The van der Waals surface area contributed by atoms with Crippen LogP contribution in [0.25, 0.3) is 65.1 Å². The maximum Gasteiger partial charge on any atom is 0.164 e. The molecule has 5 aromatic carbocycles. The van der Waals surface area contributed by atoms with Crippen molar-refractivity contribution in [2.45, 2.75) is 43.9 Å². The van der Waals surface area contributed by atoms with Crippen molar-refractivity contribution in [1.29, 1.82) is 5.26 Å². The van der Waals surface area contributed by atoms with Crippen molar-refractivity contribution >= 4 is 42.3 Å². The summed E-state index contributed by atoms with van der Waals surface area (Å²) in [7, 11) is 0. The lowest BCUT2D eigenvalue weighted by molar-refractivity contribution is -0.00518. The first-order valence-electron chi connectivity index (χ1n) is 16.8. The van der Waals surface area contributed by atoms with E-state index in [1.54, 1.807) is 11.3 Å². The van der Waals surface area contributed by atoms with Crippen molar-refractivity contribution in [3.63, 3.8) is 0 Å². The number of aromatic nitrogens is 3. The van der Waals surface area contributed by atoms with Gasteiger partial charge in [-0.15, -0.1) is 11.3 Å². The molecule has 0 aliphatic heterocycles. The molecule has 4 aliphatic rings. The average Bonchev–Trinajstić information content (AvgIpc) is 3.48. The summed E-state index contributed by atoms with van der Waals surface area (Å²) in [5, 5.41) is 14.1. The maximum absolute atomic E-state index is 9.56. The first-order valence-corrected chi connectivity index (χ1v) is 17.6. The molecule has 0 atom stereocenters. The molecule has 2 aromatic heterocycles. The van der Waals surface area contributed by atoms with Gasteiger partial charge in [-0.05, 0) is 120 Å². The van der Waals surface area contributed by atoms with E-state index in [9.17, 15) is 5.26 Å². The summed E-state index contributed by atoms with van der Waals surface area (Å²) in [6, 6.07) is 38.7. The van der Waals surface area contributed by atoms with Crippen LogP contribution < -0.4 is 0 Å². The topological polar surface area (TPSA) is 62.5 Å². The Balaban J connectivity index is 1.10. The Morgan fingerprint density at radius 1 is 0.574 bits per heavy atom. The van der Waals surface area contributed by atoms with E-state index in [0.29, 0.717) is 28.5 Å². The molecule has 0 N–H and O–H groups in total. The monoisotopic (exact) mass is 624 g/mol. The molecule has 4 bridgehead atoms. The van der Waals surface area contributed by atoms with Crippen LogP contribution in [0.5, 0.6) is 0 Å². The Morgan fingerprint density at radius 3 is 1.81 bits per heavy atom. The maximum atomic E-state index is 9.56. The molecule has 0 saturated heterocycles. The minimum atomic E-state index is 0.359. The predicted molar refractivity (Wildman–Crippen MR) is 191 cm³/mol. The number of benzene rings is 5. The molecule has 7 aromatic rings. The van der Waals surface area contributed by atoms with Gasteiger partial charge in [0, 0.05) is 36.9 Å². The minimum absolute atomic E-state index is 0.359. The first-order chi connectivity index (χ1) is 23.1. The molecule has 0 spiro atoms. The normalized spacial score (nSPS) is 23.1. The standard InChI is InChI=1S/C42H32N4S/c43-24-25-5-13-37-35(18-25)36-20-33(10-14-38(36)47-37)41-45-39(44-40(46-41)32-7-6-29-3-1-2-4-31(29)19-32)30-8-11-34(12-9-30)42-21-26-15-27(22-42)17-28(16-26)23-42/h1-14,18-20,26-28H,15-17,21-23H2/t26-,27-,28-,42?. The van der Waals surface area contributed by atoms with Gasteiger partial charge in [-0.1, -0.05) is 60.7 Å². The van der Waals surface area contributed by atoms with Gasteiger partial charge >= 0.3 is 0 Å². The number of thiophene rings is 1. The van der Waals surface area contributed by atoms with E-state index in [2.05, 4.69) is 91.0 Å². The van der Waals surface area contributed by atoms with Crippen molar-refractivity contribution in [3.8, 4) is 40.2 Å². The second-order valence-electron chi connectivity index (χ2n) is 14.3. The molecule has 0 unspecified atom stereocenters. The van der Waals surface area contributed by atoms with Gasteiger partial charge < -0.3 is 0 Å². The molecule has 11 rings (SSSR count). The third-order valence-electron chi connectivity index (χ3n) is 11.3. The molecule has 226 valence electrons. The van der Waals surface area contributed by atoms with E-state index in [0.717, 1.165) is 50.6 Å². The molecule has 4 aliphatic carbocycles. The van der Waals surface area contributed by atoms with E-state index in [1.807, 2.05) is 18.2 Å². The highest BCUT2D eigenvalue weighted by atomic mass is 32.1. The molecule has 47 heavy (non-hydrogen) atoms. The summed E-state index contributed by atoms with van der Waals surface area (Å²) in [6.45, 7) is 0. The molecular weight excluding hydrogens is 593 g/mol. The fourth-order valence-corrected chi connectivity index (χ4v) is 10.6. The zero-order valence-electron chi connectivity index (χ0n) is 26.0. The lowest BCUT2D eigenvalue weighted by atomic mass is 9.48. The van der Waals surface area contributed by atoms with Gasteiger partial charge in [-0.2, -0.15) is 5.26 Å². The van der Waals surface area contributed by atoms with Gasteiger partial charge in [0.1, 0.15) is 0 Å². The molecule has 2 heterocycles. The highest BCUT2D eigenvalue weighted by molar-refractivity contribution is 7.25. The number of hydrogen-bond donors (Lipinski definition) is 0. The van der Waals surface area contributed by atoms with E-state index in [1.165, 1.54) is 58.9 Å². The summed E-state index contributed by atoms with van der Waals surface area (Å²) in [6.07, 6.45) is 8.43. The smallest absolute Gasteiger partial charge is 0.164 e. The fraction of sp³-hybridized carbons (Fsp3) is 0.238. The third kappa shape index (κ3) is 4.50. The highest BCUT2D eigenvalue weighted by Gasteiger charge is 2.51. The molecular formula is C42H32N4S. The second-order valence-corrected chi connectivity index (χ2v) is 15.4. The lowest BCUT2D eigenvalue weighted by Gasteiger charge is -2.57. The van der Waals surface area contributed by atoms with Crippen LogP contribution in [0.4, 0.5) is 0 Å². The summed E-state index contributed by atoms with van der Waals surface area (Å²) in [5.41, 5.74) is 5.47.